The van der Waals surface area contributed by atoms with Gasteiger partial charge in [-0.3, -0.25) is 0 Å². The largest absolute Gasteiger partial charge is 0.352 e. The molecule has 12 heavy (non-hydrogen) atoms. The van der Waals surface area contributed by atoms with Crippen molar-refractivity contribution in [3.8, 4) is 0 Å². The second-order valence-electron chi connectivity index (χ2n) is 1.83. The molecule has 0 spiro atoms. The van der Waals surface area contributed by atoms with Gasteiger partial charge >= 0.3 is 12.1 Å². The molecule has 0 aliphatic carbocycles. The van der Waals surface area contributed by atoms with Gasteiger partial charge in [0, 0.05) is 0 Å². The third-order valence-corrected chi connectivity index (χ3v) is 1.35. The number of rotatable bonds is 3. The Labute approximate surface area is 78.5 Å². The Balaban J connectivity index is 4.04. The van der Waals surface area contributed by atoms with E-state index in [1.54, 1.807) is 0 Å². The van der Waals surface area contributed by atoms with Gasteiger partial charge in [-0.2, -0.15) is 0 Å². The van der Waals surface area contributed by atoms with Crippen LogP contribution in [0.2, 0.25) is 0 Å². The van der Waals surface area contributed by atoms with E-state index in [1.807, 2.05) is 0 Å². The van der Waals surface area contributed by atoms with E-state index < -0.39 is 23.1 Å². The quantitative estimate of drug-likeness (QED) is 0.374. The average Bonchev–Trinajstić information content (AvgIpc) is 1.83. The van der Waals surface area contributed by atoms with Crippen LogP contribution in [0.3, 0.4) is 0 Å². The van der Waals surface area contributed by atoms with Crippen LogP contribution in [0.5, 0.6) is 0 Å². The van der Waals surface area contributed by atoms with Crippen LogP contribution in [0.1, 0.15) is 0 Å². The number of primary amides is 2. The van der Waals surface area contributed by atoms with Gasteiger partial charge in [0.05, 0.1) is 0 Å². The van der Waals surface area contributed by atoms with E-state index >= 15 is 0 Å². The lowest BCUT2D eigenvalue weighted by Crippen LogP contribution is -2.54. The van der Waals surface area contributed by atoms with E-state index in [1.165, 1.54) is 0 Å². The van der Waals surface area contributed by atoms with Gasteiger partial charge in [0.15, 0.2) is 0 Å². The standard InChI is InChI=1S/C4H8Cl2N4O2/c5-1(6)2(9-3(7)11)10-4(8)12/h1-2H,(H3,7,9,11)(H3,8,10,12). The molecule has 4 amide bonds. The second kappa shape index (κ2) is 4.89. The highest BCUT2D eigenvalue weighted by Crippen LogP contribution is 2.04. The predicted molar refractivity (Wildman–Crippen MR) is 44.7 cm³/mol. The molecule has 0 aliphatic heterocycles. The van der Waals surface area contributed by atoms with Crippen molar-refractivity contribution >= 4 is 35.3 Å². The lowest BCUT2D eigenvalue weighted by Gasteiger charge is -2.18. The molecule has 0 bridgehead atoms. The summed E-state index contributed by atoms with van der Waals surface area (Å²) in [6.45, 7) is 0. The molecule has 0 unspecified atom stereocenters. The van der Waals surface area contributed by atoms with Gasteiger partial charge in [0.2, 0.25) is 0 Å². The summed E-state index contributed by atoms with van der Waals surface area (Å²) >= 11 is 10.7. The Hall–Kier alpha value is -0.880. The number of hydrogen-bond acceptors (Lipinski definition) is 2. The van der Waals surface area contributed by atoms with E-state index in [-0.39, 0.29) is 0 Å². The molecule has 0 rings (SSSR count). The Bertz CT molecular complexity index is 170. The summed E-state index contributed by atoms with van der Waals surface area (Å²) in [4.78, 5) is 19.6. The molecule has 0 aromatic carbocycles. The lowest BCUT2D eigenvalue weighted by atomic mass is 10.5. The van der Waals surface area contributed by atoms with Crippen molar-refractivity contribution in [2.75, 3.05) is 0 Å². The monoisotopic (exact) mass is 214 g/mol. The third kappa shape index (κ3) is 4.86. The molecule has 0 saturated carbocycles. The molecular weight excluding hydrogens is 207 g/mol. The summed E-state index contributed by atoms with van der Waals surface area (Å²) in [7, 11) is 0. The van der Waals surface area contributed by atoms with Gasteiger partial charge in [-0.1, -0.05) is 0 Å². The summed E-state index contributed by atoms with van der Waals surface area (Å²) < 4.78 is 0. The van der Waals surface area contributed by atoms with Gasteiger partial charge in [-0.05, 0) is 0 Å². The number of carbonyl (C=O) groups is 2. The smallest absolute Gasteiger partial charge is 0.313 e. The normalized spacial score (nSPS) is 10.0. The first-order valence-corrected chi connectivity index (χ1v) is 3.71. The molecule has 0 saturated heterocycles. The van der Waals surface area contributed by atoms with Gasteiger partial charge < -0.3 is 22.1 Å². The number of urea groups is 2. The van der Waals surface area contributed by atoms with Crippen LogP contribution >= 0.6 is 23.2 Å². The predicted octanol–water partition coefficient (Wildman–Crippen LogP) is -0.547. The maximum atomic E-state index is 10.3. The fourth-order valence-corrected chi connectivity index (χ4v) is 0.721. The van der Waals surface area contributed by atoms with Crippen LogP contribution in [0.15, 0.2) is 0 Å². The first-order chi connectivity index (χ1) is 5.43. The molecular formula is C4H8Cl2N4O2. The fraction of sp³-hybridized carbons (Fsp3) is 0.500. The molecule has 0 fully saturated rings. The van der Waals surface area contributed by atoms with Crippen LogP contribution in [0.4, 0.5) is 9.59 Å². The summed E-state index contributed by atoms with van der Waals surface area (Å²) in [6.07, 6.45) is -0.983. The van der Waals surface area contributed by atoms with Gasteiger partial charge in [-0.15, -0.1) is 23.2 Å². The highest BCUT2D eigenvalue weighted by atomic mass is 35.5. The number of nitrogens with two attached hydrogens (primary N) is 2. The zero-order valence-corrected chi connectivity index (χ0v) is 7.39. The molecule has 70 valence electrons. The Morgan fingerprint density at radius 2 is 1.42 bits per heavy atom. The number of halogens is 2. The van der Waals surface area contributed by atoms with Crippen LogP contribution in [-0.2, 0) is 0 Å². The maximum Gasteiger partial charge on any atom is 0.313 e. The van der Waals surface area contributed by atoms with Crippen molar-refractivity contribution in [2.45, 2.75) is 11.0 Å². The maximum absolute atomic E-state index is 10.3. The molecule has 0 atom stereocenters. The summed E-state index contributed by atoms with van der Waals surface area (Å²) in [6, 6.07) is -1.72. The number of hydrogen-bond donors (Lipinski definition) is 4. The van der Waals surface area contributed by atoms with Crippen LogP contribution in [-0.4, -0.2) is 23.1 Å². The molecule has 8 heteroatoms. The van der Waals surface area contributed by atoms with Crippen LogP contribution in [0.25, 0.3) is 0 Å². The van der Waals surface area contributed by atoms with E-state index in [0.717, 1.165) is 0 Å². The van der Waals surface area contributed by atoms with Gasteiger partial charge in [0.25, 0.3) is 0 Å². The van der Waals surface area contributed by atoms with E-state index in [9.17, 15) is 9.59 Å². The third-order valence-electron chi connectivity index (χ3n) is 0.847. The Morgan fingerprint density at radius 1 is 1.08 bits per heavy atom. The van der Waals surface area contributed by atoms with Crippen molar-refractivity contribution in [3.05, 3.63) is 0 Å². The molecule has 0 heterocycles. The second-order valence-corrected chi connectivity index (χ2v) is 2.99. The number of alkyl halides is 2. The summed E-state index contributed by atoms with van der Waals surface area (Å²) in [5.74, 6) is 0. The Kier molecular flexibility index (Phi) is 4.53. The fourth-order valence-electron chi connectivity index (χ4n) is 0.469. The topological polar surface area (TPSA) is 110 Å². The van der Waals surface area contributed by atoms with Crippen molar-refractivity contribution in [2.24, 2.45) is 11.5 Å². The molecule has 0 radical (unpaired) electrons. The summed E-state index contributed by atoms with van der Waals surface area (Å²) in [5.41, 5.74) is 9.49. The minimum absolute atomic E-state index is 0.861. The number of nitrogens with one attached hydrogen (secondary N) is 2. The van der Waals surface area contributed by atoms with E-state index in [2.05, 4.69) is 10.6 Å². The van der Waals surface area contributed by atoms with Gasteiger partial charge in [0.1, 0.15) is 11.0 Å². The molecule has 0 aromatic rings. The van der Waals surface area contributed by atoms with Crippen LogP contribution < -0.4 is 22.1 Å². The van der Waals surface area contributed by atoms with Crippen LogP contribution in [0, 0.1) is 0 Å². The first-order valence-electron chi connectivity index (χ1n) is 2.83. The highest BCUT2D eigenvalue weighted by Gasteiger charge is 2.18. The minimum atomic E-state index is -1.02. The van der Waals surface area contributed by atoms with Crippen molar-refractivity contribution in [1.82, 2.24) is 10.6 Å². The molecule has 6 nitrogen and oxygen atoms in total. The lowest BCUT2D eigenvalue weighted by molar-refractivity contribution is 0.236. The van der Waals surface area contributed by atoms with Crippen molar-refractivity contribution in [1.29, 1.82) is 0 Å². The van der Waals surface area contributed by atoms with Crippen molar-refractivity contribution in [3.63, 3.8) is 0 Å². The zero-order chi connectivity index (χ0) is 9.72. The van der Waals surface area contributed by atoms with E-state index in [0.29, 0.717) is 0 Å². The molecule has 0 aliphatic rings. The highest BCUT2D eigenvalue weighted by molar-refractivity contribution is 6.44. The average molecular weight is 215 g/mol. The van der Waals surface area contributed by atoms with Gasteiger partial charge in [-0.25, -0.2) is 9.59 Å². The minimum Gasteiger partial charge on any atom is -0.352 e. The molecule has 0 aromatic heterocycles. The number of carbonyl (C=O) groups excluding carboxylic acids is 2. The Morgan fingerprint density at radius 3 is 1.58 bits per heavy atom. The first kappa shape index (κ1) is 11.1. The van der Waals surface area contributed by atoms with E-state index in [4.69, 9.17) is 34.7 Å². The number of amides is 4. The zero-order valence-electron chi connectivity index (χ0n) is 5.88. The summed E-state index contributed by atoms with van der Waals surface area (Å²) in [5, 5.41) is 4.15. The molecule has 6 N–H and O–H groups in total. The SMILES string of the molecule is NC(=O)NC(NC(N)=O)C(Cl)Cl. The van der Waals surface area contributed by atoms with Crippen molar-refractivity contribution < 1.29 is 9.59 Å².